The van der Waals surface area contributed by atoms with Crippen molar-refractivity contribution in [3.05, 3.63) is 47.5 Å². The molecule has 0 radical (unpaired) electrons. The molecule has 2 heterocycles. The van der Waals surface area contributed by atoms with Crippen LogP contribution in [-0.4, -0.2) is 13.3 Å². The first-order chi connectivity index (χ1) is 9.40. The van der Waals surface area contributed by atoms with Crippen molar-refractivity contribution >= 4 is 0 Å². The molecule has 4 rings (SSSR count). The van der Waals surface area contributed by atoms with Gasteiger partial charge in [-0.15, -0.1) is 0 Å². The van der Waals surface area contributed by atoms with E-state index in [1.165, 1.54) is 22.3 Å². The van der Waals surface area contributed by atoms with Crippen LogP contribution in [0.2, 0.25) is 0 Å². The van der Waals surface area contributed by atoms with Gasteiger partial charge in [-0.25, -0.2) is 0 Å². The highest BCUT2D eigenvalue weighted by molar-refractivity contribution is 5.68. The zero-order chi connectivity index (χ0) is 12.7. The number of ether oxygens (including phenoxy) is 2. The second-order valence-electron chi connectivity index (χ2n) is 4.98. The van der Waals surface area contributed by atoms with Gasteiger partial charge in [-0.05, 0) is 47.4 Å². The summed E-state index contributed by atoms with van der Waals surface area (Å²) in [5.74, 6) is 1.68. The molecular formula is C16H15NO2. The van der Waals surface area contributed by atoms with Gasteiger partial charge in [0.25, 0.3) is 0 Å². The van der Waals surface area contributed by atoms with Gasteiger partial charge in [-0.2, -0.15) is 0 Å². The molecule has 0 unspecified atom stereocenters. The quantitative estimate of drug-likeness (QED) is 0.847. The molecule has 0 saturated carbocycles. The fraction of sp³-hybridized carbons (Fsp3) is 0.250. The summed E-state index contributed by atoms with van der Waals surface area (Å²) in [4.78, 5) is 0. The van der Waals surface area contributed by atoms with Crippen molar-refractivity contribution < 1.29 is 9.47 Å². The third kappa shape index (κ3) is 1.87. The lowest BCUT2D eigenvalue weighted by atomic mass is 9.95. The highest BCUT2D eigenvalue weighted by Crippen LogP contribution is 2.36. The summed E-state index contributed by atoms with van der Waals surface area (Å²) in [5, 5.41) is 3.40. The molecule has 1 N–H and O–H groups in total. The van der Waals surface area contributed by atoms with Crippen LogP contribution in [0.3, 0.4) is 0 Å². The maximum Gasteiger partial charge on any atom is 0.231 e. The number of nitrogens with one attached hydrogen (secondary N) is 1. The van der Waals surface area contributed by atoms with Crippen molar-refractivity contribution in [3.63, 3.8) is 0 Å². The Morgan fingerprint density at radius 1 is 0.842 bits per heavy atom. The fourth-order valence-electron chi connectivity index (χ4n) is 2.73. The van der Waals surface area contributed by atoms with E-state index in [9.17, 15) is 0 Å². The van der Waals surface area contributed by atoms with Crippen molar-refractivity contribution in [2.45, 2.75) is 13.0 Å². The van der Waals surface area contributed by atoms with Gasteiger partial charge in [0.2, 0.25) is 6.79 Å². The molecule has 2 aromatic carbocycles. The normalized spacial score (nSPS) is 16.2. The molecule has 3 heteroatoms. The van der Waals surface area contributed by atoms with Crippen LogP contribution in [0.25, 0.3) is 11.1 Å². The van der Waals surface area contributed by atoms with Crippen LogP contribution in [0, 0.1) is 0 Å². The topological polar surface area (TPSA) is 30.5 Å². The molecule has 0 spiro atoms. The number of hydrogen-bond donors (Lipinski definition) is 1. The van der Waals surface area contributed by atoms with Crippen LogP contribution in [-0.2, 0) is 13.0 Å². The third-order valence-corrected chi connectivity index (χ3v) is 3.80. The van der Waals surface area contributed by atoms with E-state index in [1.807, 2.05) is 6.07 Å². The number of hydrogen-bond acceptors (Lipinski definition) is 3. The van der Waals surface area contributed by atoms with E-state index < -0.39 is 0 Å². The summed E-state index contributed by atoms with van der Waals surface area (Å²) in [6.45, 7) is 2.38. The molecule has 0 atom stereocenters. The molecule has 0 amide bonds. The lowest BCUT2D eigenvalue weighted by Gasteiger charge is -2.18. The van der Waals surface area contributed by atoms with Crippen molar-refractivity contribution in [1.82, 2.24) is 5.32 Å². The first-order valence-corrected chi connectivity index (χ1v) is 6.63. The van der Waals surface area contributed by atoms with Crippen molar-refractivity contribution in [1.29, 1.82) is 0 Å². The van der Waals surface area contributed by atoms with Gasteiger partial charge in [-0.1, -0.05) is 24.3 Å². The minimum absolute atomic E-state index is 0.328. The lowest BCUT2D eigenvalue weighted by molar-refractivity contribution is 0.174. The van der Waals surface area contributed by atoms with Gasteiger partial charge < -0.3 is 14.8 Å². The number of benzene rings is 2. The zero-order valence-electron chi connectivity index (χ0n) is 10.6. The Labute approximate surface area is 112 Å². The first kappa shape index (κ1) is 10.9. The molecule has 3 nitrogen and oxygen atoms in total. The van der Waals surface area contributed by atoms with E-state index in [-0.39, 0.29) is 0 Å². The summed E-state index contributed by atoms with van der Waals surface area (Å²) >= 11 is 0. The summed E-state index contributed by atoms with van der Waals surface area (Å²) in [5.41, 5.74) is 5.30. The second-order valence-corrected chi connectivity index (χ2v) is 4.98. The monoisotopic (exact) mass is 253 g/mol. The van der Waals surface area contributed by atoms with E-state index in [1.54, 1.807) is 0 Å². The molecule has 2 aromatic rings. The number of rotatable bonds is 1. The maximum absolute atomic E-state index is 5.44. The molecule has 0 fully saturated rings. The van der Waals surface area contributed by atoms with Crippen molar-refractivity contribution in [2.75, 3.05) is 13.3 Å². The Morgan fingerprint density at radius 3 is 2.68 bits per heavy atom. The molecule has 0 aliphatic carbocycles. The van der Waals surface area contributed by atoms with Crippen LogP contribution in [0.5, 0.6) is 11.5 Å². The Balaban J connectivity index is 1.76. The smallest absolute Gasteiger partial charge is 0.231 e. The molecule has 2 aliphatic rings. The fourth-order valence-corrected chi connectivity index (χ4v) is 2.73. The van der Waals surface area contributed by atoms with Crippen LogP contribution in [0.15, 0.2) is 36.4 Å². The average molecular weight is 253 g/mol. The molecule has 0 aromatic heterocycles. The predicted molar refractivity (Wildman–Crippen MR) is 73.4 cm³/mol. The molecule has 19 heavy (non-hydrogen) atoms. The summed E-state index contributed by atoms with van der Waals surface area (Å²) in [6, 6.07) is 12.8. The zero-order valence-corrected chi connectivity index (χ0v) is 10.6. The molecular weight excluding hydrogens is 238 g/mol. The minimum atomic E-state index is 0.328. The van der Waals surface area contributed by atoms with Crippen molar-refractivity contribution in [3.8, 4) is 22.6 Å². The highest BCUT2D eigenvalue weighted by atomic mass is 16.7. The lowest BCUT2D eigenvalue weighted by Crippen LogP contribution is -2.23. The summed E-state index contributed by atoms with van der Waals surface area (Å²) < 4.78 is 10.8. The Morgan fingerprint density at radius 2 is 1.68 bits per heavy atom. The third-order valence-electron chi connectivity index (χ3n) is 3.80. The molecule has 0 saturated heterocycles. The van der Waals surface area contributed by atoms with Crippen LogP contribution < -0.4 is 14.8 Å². The van der Waals surface area contributed by atoms with Gasteiger partial charge >= 0.3 is 0 Å². The largest absolute Gasteiger partial charge is 0.454 e. The second kappa shape index (κ2) is 4.28. The predicted octanol–water partition coefficient (Wildman–Crippen LogP) is 2.73. The standard InChI is InChI=1S/C16H15NO2/c1-2-14-9-17-6-5-13(14)7-11(1)12-3-4-15-16(8-12)19-10-18-15/h1-4,7-8,17H,5-6,9-10H2. The molecule has 2 aliphatic heterocycles. The van der Waals surface area contributed by atoms with E-state index in [0.29, 0.717) is 6.79 Å². The number of fused-ring (bicyclic) bond motifs is 2. The van der Waals surface area contributed by atoms with E-state index in [2.05, 4.69) is 35.6 Å². The molecule has 0 bridgehead atoms. The van der Waals surface area contributed by atoms with Gasteiger partial charge in [0.05, 0.1) is 0 Å². The highest BCUT2D eigenvalue weighted by Gasteiger charge is 2.15. The van der Waals surface area contributed by atoms with Crippen LogP contribution >= 0.6 is 0 Å². The van der Waals surface area contributed by atoms with E-state index >= 15 is 0 Å². The van der Waals surface area contributed by atoms with Gasteiger partial charge in [-0.3, -0.25) is 0 Å². The van der Waals surface area contributed by atoms with Gasteiger partial charge in [0.1, 0.15) is 0 Å². The van der Waals surface area contributed by atoms with Crippen LogP contribution in [0.1, 0.15) is 11.1 Å². The van der Waals surface area contributed by atoms with Gasteiger partial charge in [0.15, 0.2) is 11.5 Å². The van der Waals surface area contributed by atoms with E-state index in [0.717, 1.165) is 31.0 Å². The van der Waals surface area contributed by atoms with Crippen molar-refractivity contribution in [2.24, 2.45) is 0 Å². The van der Waals surface area contributed by atoms with Crippen LogP contribution in [0.4, 0.5) is 0 Å². The SMILES string of the molecule is c1cc2c(cc1-c1ccc3c(c1)OCO3)CCNC2. The molecule has 96 valence electrons. The summed E-state index contributed by atoms with van der Waals surface area (Å²) in [6.07, 6.45) is 1.10. The summed E-state index contributed by atoms with van der Waals surface area (Å²) in [7, 11) is 0. The van der Waals surface area contributed by atoms with Gasteiger partial charge in [0, 0.05) is 6.54 Å². The Kier molecular flexibility index (Phi) is 2.45. The van der Waals surface area contributed by atoms with E-state index in [4.69, 9.17) is 9.47 Å². The Hall–Kier alpha value is -2.00. The minimum Gasteiger partial charge on any atom is -0.454 e. The average Bonchev–Trinajstić information content (AvgIpc) is 2.94. The maximum atomic E-state index is 5.44. The first-order valence-electron chi connectivity index (χ1n) is 6.63. The Bertz CT molecular complexity index is 637.